The Morgan fingerprint density at radius 1 is 1.24 bits per heavy atom. The molecule has 1 rings (SSSR count). The largest absolute Gasteiger partial charge is 0.377 e. The number of aromatic nitrogens is 2. The van der Waals surface area contributed by atoms with Crippen molar-refractivity contribution in [1.82, 2.24) is 10.1 Å². The van der Waals surface area contributed by atoms with Gasteiger partial charge in [-0.2, -0.15) is 4.98 Å². The van der Waals surface area contributed by atoms with Crippen molar-refractivity contribution in [3.8, 4) is 0 Å². The van der Waals surface area contributed by atoms with Crippen molar-refractivity contribution in [2.75, 3.05) is 13.2 Å². The third kappa shape index (κ3) is 6.22. The van der Waals surface area contributed by atoms with Gasteiger partial charge in [0.1, 0.15) is 0 Å². The molecular formula is C13H22N2O2. The fourth-order valence-corrected chi connectivity index (χ4v) is 1.29. The van der Waals surface area contributed by atoms with E-state index in [4.69, 9.17) is 9.26 Å². The molecule has 1 aromatic heterocycles. The Hall–Kier alpha value is -1.16. The Morgan fingerprint density at radius 2 is 2.00 bits per heavy atom. The smallest absolute Gasteiger partial charge is 0.227 e. The van der Waals surface area contributed by atoms with Crippen LogP contribution in [0.5, 0.6) is 0 Å². The van der Waals surface area contributed by atoms with Crippen LogP contribution >= 0.6 is 0 Å². The Morgan fingerprint density at radius 3 is 2.65 bits per heavy atom. The van der Waals surface area contributed by atoms with Gasteiger partial charge in [0, 0.05) is 13.0 Å². The molecule has 0 fully saturated rings. The molecule has 0 amide bonds. The van der Waals surface area contributed by atoms with Gasteiger partial charge in [-0.3, -0.25) is 0 Å². The SMILES string of the molecule is CC(C)COC/C=C/c1noc(CC(C)C)n1. The summed E-state index contributed by atoms with van der Waals surface area (Å²) in [6.45, 7) is 9.86. The highest BCUT2D eigenvalue weighted by molar-refractivity contribution is 5.38. The summed E-state index contributed by atoms with van der Waals surface area (Å²) in [6.07, 6.45) is 4.56. The van der Waals surface area contributed by atoms with Gasteiger partial charge in [-0.25, -0.2) is 0 Å². The second-order valence-electron chi connectivity index (χ2n) is 4.98. The fourth-order valence-electron chi connectivity index (χ4n) is 1.29. The van der Waals surface area contributed by atoms with Crippen molar-refractivity contribution >= 4 is 6.08 Å². The van der Waals surface area contributed by atoms with Gasteiger partial charge in [-0.05, 0) is 17.9 Å². The minimum Gasteiger partial charge on any atom is -0.377 e. The minimum atomic E-state index is 0.529. The van der Waals surface area contributed by atoms with Crippen LogP contribution in [-0.2, 0) is 11.2 Å². The van der Waals surface area contributed by atoms with Crippen LogP contribution in [0.25, 0.3) is 6.08 Å². The maximum Gasteiger partial charge on any atom is 0.227 e. The summed E-state index contributed by atoms with van der Waals surface area (Å²) in [5.41, 5.74) is 0. The third-order valence-corrected chi connectivity index (χ3v) is 2.00. The van der Waals surface area contributed by atoms with Crippen LogP contribution in [0.3, 0.4) is 0 Å². The maximum absolute atomic E-state index is 5.42. The van der Waals surface area contributed by atoms with Gasteiger partial charge >= 0.3 is 0 Å². The monoisotopic (exact) mass is 238 g/mol. The molecular weight excluding hydrogens is 216 g/mol. The molecule has 0 spiro atoms. The van der Waals surface area contributed by atoms with Crippen LogP contribution in [0, 0.1) is 11.8 Å². The lowest BCUT2D eigenvalue weighted by Gasteiger charge is -2.02. The van der Waals surface area contributed by atoms with Crippen LogP contribution in [-0.4, -0.2) is 23.4 Å². The molecule has 17 heavy (non-hydrogen) atoms. The molecule has 96 valence electrons. The quantitative estimate of drug-likeness (QED) is 0.685. The molecule has 4 nitrogen and oxygen atoms in total. The normalized spacial score (nSPS) is 12.1. The number of hydrogen-bond acceptors (Lipinski definition) is 4. The summed E-state index contributed by atoms with van der Waals surface area (Å²) in [7, 11) is 0. The van der Waals surface area contributed by atoms with E-state index in [1.165, 1.54) is 0 Å². The summed E-state index contributed by atoms with van der Waals surface area (Å²) in [5, 5.41) is 3.87. The molecule has 1 aromatic rings. The third-order valence-electron chi connectivity index (χ3n) is 2.00. The van der Waals surface area contributed by atoms with E-state index >= 15 is 0 Å². The minimum absolute atomic E-state index is 0.529. The van der Waals surface area contributed by atoms with E-state index in [9.17, 15) is 0 Å². The molecule has 0 aliphatic heterocycles. The van der Waals surface area contributed by atoms with Crippen molar-refractivity contribution in [2.45, 2.75) is 34.1 Å². The zero-order valence-electron chi connectivity index (χ0n) is 11.1. The van der Waals surface area contributed by atoms with Crippen LogP contribution in [0.15, 0.2) is 10.6 Å². The summed E-state index contributed by atoms with van der Waals surface area (Å²) in [4.78, 5) is 4.26. The standard InChI is InChI=1S/C13H22N2O2/c1-10(2)8-13-14-12(15-17-13)6-5-7-16-9-11(3)4/h5-6,10-11H,7-9H2,1-4H3/b6-5+. The van der Waals surface area contributed by atoms with E-state index < -0.39 is 0 Å². The van der Waals surface area contributed by atoms with Gasteiger partial charge in [0.15, 0.2) is 5.82 Å². The second kappa shape index (κ2) is 7.22. The van der Waals surface area contributed by atoms with E-state index in [0.29, 0.717) is 30.2 Å². The van der Waals surface area contributed by atoms with E-state index in [1.54, 1.807) is 0 Å². The zero-order valence-corrected chi connectivity index (χ0v) is 11.1. The summed E-state index contributed by atoms with van der Waals surface area (Å²) >= 11 is 0. The summed E-state index contributed by atoms with van der Waals surface area (Å²) < 4.78 is 10.5. The highest BCUT2D eigenvalue weighted by Crippen LogP contribution is 2.06. The first-order chi connectivity index (χ1) is 8.08. The molecule has 0 unspecified atom stereocenters. The number of nitrogens with zero attached hydrogens (tertiary/aromatic N) is 2. The van der Waals surface area contributed by atoms with Crippen molar-refractivity contribution in [1.29, 1.82) is 0 Å². The van der Waals surface area contributed by atoms with Gasteiger partial charge in [0.05, 0.1) is 6.61 Å². The molecule has 0 bridgehead atoms. The van der Waals surface area contributed by atoms with Crippen molar-refractivity contribution in [3.63, 3.8) is 0 Å². The first kappa shape index (κ1) is 13.9. The fraction of sp³-hybridized carbons (Fsp3) is 0.692. The topological polar surface area (TPSA) is 48.2 Å². The number of hydrogen-bond donors (Lipinski definition) is 0. The predicted octanol–water partition coefficient (Wildman–Crippen LogP) is 2.95. The Kier molecular flexibility index (Phi) is 5.91. The zero-order chi connectivity index (χ0) is 12.7. The Bertz CT molecular complexity index is 343. The van der Waals surface area contributed by atoms with Gasteiger partial charge in [-0.1, -0.05) is 38.9 Å². The van der Waals surface area contributed by atoms with Crippen LogP contribution in [0.1, 0.15) is 39.4 Å². The first-order valence-corrected chi connectivity index (χ1v) is 6.14. The molecule has 0 aromatic carbocycles. The van der Waals surface area contributed by atoms with Crippen molar-refractivity contribution < 1.29 is 9.26 Å². The van der Waals surface area contributed by atoms with Crippen LogP contribution in [0.2, 0.25) is 0 Å². The summed E-state index contributed by atoms with van der Waals surface area (Å²) in [5.74, 6) is 2.41. The Labute approximate surface area is 103 Å². The number of ether oxygens (including phenoxy) is 1. The lowest BCUT2D eigenvalue weighted by atomic mass is 10.1. The van der Waals surface area contributed by atoms with Gasteiger partial charge in [-0.15, -0.1) is 0 Å². The number of rotatable bonds is 7. The molecule has 1 heterocycles. The Balaban J connectivity index is 2.31. The van der Waals surface area contributed by atoms with Gasteiger partial charge < -0.3 is 9.26 Å². The second-order valence-corrected chi connectivity index (χ2v) is 4.98. The van der Waals surface area contributed by atoms with Crippen molar-refractivity contribution in [2.24, 2.45) is 11.8 Å². The molecule has 4 heteroatoms. The molecule has 0 radical (unpaired) electrons. The summed E-state index contributed by atoms with van der Waals surface area (Å²) in [6, 6.07) is 0. The average molecular weight is 238 g/mol. The van der Waals surface area contributed by atoms with Gasteiger partial charge in [0.25, 0.3) is 0 Å². The highest BCUT2D eigenvalue weighted by Gasteiger charge is 2.05. The molecule has 0 atom stereocenters. The van der Waals surface area contributed by atoms with E-state index in [-0.39, 0.29) is 0 Å². The maximum atomic E-state index is 5.42. The molecule has 0 saturated carbocycles. The van der Waals surface area contributed by atoms with Gasteiger partial charge in [0.2, 0.25) is 5.89 Å². The molecule has 0 aliphatic carbocycles. The van der Waals surface area contributed by atoms with E-state index in [0.717, 1.165) is 13.0 Å². The van der Waals surface area contributed by atoms with Crippen LogP contribution in [0.4, 0.5) is 0 Å². The lowest BCUT2D eigenvalue weighted by Crippen LogP contribution is -2.01. The van der Waals surface area contributed by atoms with E-state index in [2.05, 4.69) is 37.8 Å². The molecule has 0 aliphatic rings. The first-order valence-electron chi connectivity index (χ1n) is 6.14. The highest BCUT2D eigenvalue weighted by atomic mass is 16.5. The van der Waals surface area contributed by atoms with Crippen LogP contribution < -0.4 is 0 Å². The molecule has 0 saturated heterocycles. The van der Waals surface area contributed by atoms with Crippen molar-refractivity contribution in [3.05, 3.63) is 17.8 Å². The lowest BCUT2D eigenvalue weighted by molar-refractivity contribution is 0.135. The molecule has 0 N–H and O–H groups in total. The van der Waals surface area contributed by atoms with E-state index in [1.807, 2.05) is 12.2 Å². The predicted molar refractivity (Wildman–Crippen MR) is 67.5 cm³/mol. The average Bonchev–Trinajstić information content (AvgIpc) is 2.63.